The van der Waals surface area contributed by atoms with Gasteiger partial charge in [-0.25, -0.2) is 0 Å². The van der Waals surface area contributed by atoms with E-state index in [4.69, 9.17) is 11.6 Å². The van der Waals surface area contributed by atoms with Crippen LogP contribution in [0.3, 0.4) is 0 Å². The number of hydrogen-bond acceptors (Lipinski definition) is 3. The predicted molar refractivity (Wildman–Crippen MR) is 70.8 cm³/mol. The lowest BCUT2D eigenvalue weighted by Gasteiger charge is -2.24. The first-order valence-corrected chi connectivity index (χ1v) is 6.58. The van der Waals surface area contributed by atoms with Crippen molar-refractivity contribution in [2.45, 2.75) is 25.6 Å². The summed E-state index contributed by atoms with van der Waals surface area (Å²) in [6.45, 7) is -0.375. The Labute approximate surface area is 116 Å². The van der Waals surface area contributed by atoms with E-state index in [0.29, 0.717) is 23.2 Å². The summed E-state index contributed by atoms with van der Waals surface area (Å²) in [5.41, 5.74) is 0.683. The first-order valence-electron chi connectivity index (χ1n) is 6.20. The van der Waals surface area contributed by atoms with Crippen LogP contribution < -0.4 is 10.1 Å². The molecule has 3 nitrogen and oxygen atoms in total. The second-order valence-corrected chi connectivity index (χ2v) is 5.13. The molecule has 0 aromatic heterocycles. The number of benzene rings is 1. The Balaban J connectivity index is 2.10. The summed E-state index contributed by atoms with van der Waals surface area (Å²) in [5, 5.41) is 3.80. The molecule has 6 heteroatoms. The minimum absolute atomic E-state index is 0.192. The highest BCUT2D eigenvalue weighted by molar-refractivity contribution is 6.30. The van der Waals surface area contributed by atoms with Crippen molar-refractivity contribution in [3.63, 3.8) is 0 Å². The maximum absolute atomic E-state index is 12.4. The van der Waals surface area contributed by atoms with Crippen LogP contribution in [0.1, 0.15) is 12.0 Å². The third-order valence-electron chi connectivity index (χ3n) is 3.32. The Morgan fingerprint density at radius 1 is 1.53 bits per heavy atom. The smallest absolute Gasteiger partial charge is 0.387 e. The van der Waals surface area contributed by atoms with Gasteiger partial charge in [-0.3, -0.25) is 4.90 Å². The van der Waals surface area contributed by atoms with Gasteiger partial charge in [0, 0.05) is 29.7 Å². The van der Waals surface area contributed by atoms with Crippen molar-refractivity contribution in [1.82, 2.24) is 10.2 Å². The van der Waals surface area contributed by atoms with Gasteiger partial charge in [-0.15, -0.1) is 0 Å². The van der Waals surface area contributed by atoms with Gasteiger partial charge in [0.25, 0.3) is 0 Å². The molecule has 2 rings (SSSR count). The highest BCUT2D eigenvalue weighted by Gasteiger charge is 2.20. The normalized spacial score (nSPS) is 19.4. The molecule has 0 spiro atoms. The zero-order chi connectivity index (χ0) is 13.8. The van der Waals surface area contributed by atoms with Gasteiger partial charge in [0.15, 0.2) is 0 Å². The van der Waals surface area contributed by atoms with Crippen LogP contribution in [-0.4, -0.2) is 37.7 Å². The van der Waals surface area contributed by atoms with E-state index in [-0.39, 0.29) is 5.75 Å². The maximum Gasteiger partial charge on any atom is 0.387 e. The van der Waals surface area contributed by atoms with Crippen LogP contribution in [0.5, 0.6) is 5.75 Å². The number of nitrogens with one attached hydrogen (secondary N) is 1. The summed E-state index contributed by atoms with van der Waals surface area (Å²) in [5.74, 6) is 0.192. The highest BCUT2D eigenvalue weighted by atomic mass is 35.5. The minimum atomic E-state index is -2.82. The second-order valence-electron chi connectivity index (χ2n) is 4.69. The monoisotopic (exact) mass is 290 g/mol. The lowest BCUT2D eigenvalue weighted by Crippen LogP contribution is -2.33. The number of likely N-dealkylation sites (N-methyl/N-ethyl adjacent to an activating group) is 1. The SMILES string of the molecule is CN(Cc1cc(Cl)ccc1OC(F)F)C1CCNC1. The molecule has 1 aliphatic heterocycles. The van der Waals surface area contributed by atoms with Gasteiger partial charge in [-0.1, -0.05) is 11.6 Å². The zero-order valence-corrected chi connectivity index (χ0v) is 11.5. The molecule has 0 radical (unpaired) electrons. The van der Waals surface area contributed by atoms with E-state index in [1.807, 2.05) is 7.05 Å². The number of nitrogens with zero attached hydrogens (tertiary/aromatic N) is 1. The van der Waals surface area contributed by atoms with Gasteiger partial charge in [-0.2, -0.15) is 8.78 Å². The summed E-state index contributed by atoms with van der Waals surface area (Å²) in [7, 11) is 1.98. The molecule has 1 N–H and O–H groups in total. The zero-order valence-electron chi connectivity index (χ0n) is 10.7. The largest absolute Gasteiger partial charge is 0.434 e. The summed E-state index contributed by atoms with van der Waals surface area (Å²) < 4.78 is 29.3. The number of alkyl halides is 2. The average molecular weight is 291 g/mol. The molecular formula is C13H17ClF2N2O. The molecule has 1 saturated heterocycles. The number of hydrogen-bond donors (Lipinski definition) is 1. The van der Waals surface area contributed by atoms with Crippen molar-refractivity contribution in [3.05, 3.63) is 28.8 Å². The summed E-state index contributed by atoms with van der Waals surface area (Å²) in [6, 6.07) is 5.14. The molecule has 0 amide bonds. The van der Waals surface area contributed by atoms with Crippen LogP contribution in [0.15, 0.2) is 18.2 Å². The third-order valence-corrected chi connectivity index (χ3v) is 3.55. The Morgan fingerprint density at radius 2 is 2.32 bits per heavy atom. The molecule has 0 saturated carbocycles. The van der Waals surface area contributed by atoms with E-state index in [1.165, 1.54) is 6.07 Å². The van der Waals surface area contributed by atoms with Crippen molar-refractivity contribution in [1.29, 1.82) is 0 Å². The van der Waals surface area contributed by atoms with E-state index >= 15 is 0 Å². The fraction of sp³-hybridized carbons (Fsp3) is 0.538. The quantitative estimate of drug-likeness (QED) is 0.902. The van der Waals surface area contributed by atoms with Crippen LogP contribution in [0.4, 0.5) is 8.78 Å². The summed E-state index contributed by atoms with van der Waals surface area (Å²) >= 11 is 5.92. The van der Waals surface area contributed by atoms with E-state index in [1.54, 1.807) is 12.1 Å². The van der Waals surface area contributed by atoms with Crippen LogP contribution in [0.25, 0.3) is 0 Å². The first-order chi connectivity index (χ1) is 9.06. The molecule has 1 aliphatic rings. The Morgan fingerprint density at radius 3 is 2.95 bits per heavy atom. The van der Waals surface area contributed by atoms with E-state index in [0.717, 1.165) is 19.5 Å². The highest BCUT2D eigenvalue weighted by Crippen LogP contribution is 2.26. The molecule has 0 bridgehead atoms. The Hall–Kier alpha value is -0.910. The standard InChI is InChI=1S/C13H17ClF2N2O/c1-18(11-4-5-17-7-11)8-9-6-10(14)2-3-12(9)19-13(15)16/h2-3,6,11,13,17H,4-5,7-8H2,1H3. The van der Waals surface area contributed by atoms with Crippen molar-refractivity contribution in [2.75, 3.05) is 20.1 Å². The average Bonchev–Trinajstić information content (AvgIpc) is 2.86. The summed E-state index contributed by atoms with van der Waals surface area (Å²) in [4.78, 5) is 2.13. The lowest BCUT2D eigenvalue weighted by molar-refractivity contribution is -0.0507. The third kappa shape index (κ3) is 4.03. The fourth-order valence-corrected chi connectivity index (χ4v) is 2.49. The van der Waals surface area contributed by atoms with E-state index in [9.17, 15) is 8.78 Å². The molecule has 1 heterocycles. The molecule has 1 aromatic carbocycles. The summed E-state index contributed by atoms with van der Waals surface area (Å²) in [6.07, 6.45) is 1.06. The number of rotatable bonds is 5. The topological polar surface area (TPSA) is 24.5 Å². The Kier molecular flexibility index (Phi) is 4.96. The van der Waals surface area contributed by atoms with Crippen molar-refractivity contribution in [2.24, 2.45) is 0 Å². The van der Waals surface area contributed by atoms with Crippen LogP contribution in [0, 0.1) is 0 Å². The second kappa shape index (κ2) is 6.50. The van der Waals surface area contributed by atoms with Crippen molar-refractivity contribution >= 4 is 11.6 Å². The maximum atomic E-state index is 12.4. The first kappa shape index (κ1) is 14.5. The van der Waals surface area contributed by atoms with Gasteiger partial charge < -0.3 is 10.1 Å². The van der Waals surface area contributed by atoms with Gasteiger partial charge in [0.1, 0.15) is 5.75 Å². The fourth-order valence-electron chi connectivity index (χ4n) is 2.30. The van der Waals surface area contributed by atoms with Crippen LogP contribution in [0.2, 0.25) is 5.02 Å². The Bertz CT molecular complexity index is 425. The molecule has 106 valence electrons. The molecule has 0 aliphatic carbocycles. The van der Waals surface area contributed by atoms with Gasteiger partial charge in [0.05, 0.1) is 0 Å². The van der Waals surface area contributed by atoms with Crippen LogP contribution in [-0.2, 0) is 6.54 Å². The lowest BCUT2D eigenvalue weighted by atomic mass is 10.1. The van der Waals surface area contributed by atoms with Crippen molar-refractivity contribution in [3.8, 4) is 5.75 Å². The molecule has 1 unspecified atom stereocenters. The molecule has 1 fully saturated rings. The number of halogens is 3. The minimum Gasteiger partial charge on any atom is -0.434 e. The van der Waals surface area contributed by atoms with E-state index in [2.05, 4.69) is 15.0 Å². The van der Waals surface area contributed by atoms with Gasteiger partial charge in [-0.05, 0) is 38.2 Å². The number of ether oxygens (including phenoxy) is 1. The predicted octanol–water partition coefficient (Wildman–Crippen LogP) is 2.74. The van der Waals surface area contributed by atoms with Gasteiger partial charge >= 0.3 is 6.61 Å². The van der Waals surface area contributed by atoms with Gasteiger partial charge in [0.2, 0.25) is 0 Å². The molecule has 19 heavy (non-hydrogen) atoms. The molecular weight excluding hydrogens is 274 g/mol. The van der Waals surface area contributed by atoms with Crippen molar-refractivity contribution < 1.29 is 13.5 Å². The van der Waals surface area contributed by atoms with Crippen LogP contribution >= 0.6 is 11.6 Å². The molecule has 1 atom stereocenters. The van der Waals surface area contributed by atoms with E-state index < -0.39 is 6.61 Å². The molecule has 1 aromatic rings.